The van der Waals surface area contributed by atoms with Gasteiger partial charge in [-0.3, -0.25) is 14.2 Å². The Morgan fingerprint density at radius 1 is 1.06 bits per heavy atom. The maximum atomic E-state index is 12.3. The zero-order chi connectivity index (χ0) is 22.6. The summed E-state index contributed by atoms with van der Waals surface area (Å²) in [6, 6.07) is 17.6. The van der Waals surface area contributed by atoms with Crippen LogP contribution < -0.4 is 4.90 Å². The van der Waals surface area contributed by atoms with Gasteiger partial charge in [0.05, 0.1) is 11.2 Å². The molecule has 0 aliphatic carbocycles. The highest BCUT2D eigenvalue weighted by Gasteiger charge is 2.44. The Morgan fingerprint density at radius 3 is 2.35 bits per heavy atom. The average molecular weight is 442 g/mol. The van der Waals surface area contributed by atoms with Crippen molar-refractivity contribution in [3.8, 4) is 0 Å². The number of hydrogen-bond acceptors (Lipinski definition) is 3. The summed E-state index contributed by atoms with van der Waals surface area (Å²) in [5.74, 6) is -0.334. The van der Waals surface area contributed by atoms with Crippen LogP contribution in [0.2, 0.25) is 0 Å². The van der Waals surface area contributed by atoms with E-state index in [0.29, 0.717) is 19.4 Å². The van der Waals surface area contributed by atoms with Gasteiger partial charge >= 0.3 is 0 Å². The lowest BCUT2D eigenvalue weighted by atomic mass is 9.81. The summed E-state index contributed by atoms with van der Waals surface area (Å²) in [6.07, 6.45) is 4.75. The van der Waals surface area contributed by atoms with Crippen molar-refractivity contribution < 1.29 is 22.3 Å². The molecule has 0 spiro atoms. The normalized spacial score (nSPS) is 15.4. The van der Waals surface area contributed by atoms with Crippen LogP contribution in [0.3, 0.4) is 0 Å². The number of allylic oxidation sites excluding steroid dienone is 1. The van der Waals surface area contributed by atoms with Gasteiger partial charge in [-0.05, 0) is 32.4 Å². The van der Waals surface area contributed by atoms with Crippen LogP contribution in [0, 0.1) is 0 Å². The van der Waals surface area contributed by atoms with Gasteiger partial charge in [0.25, 0.3) is 10.1 Å². The first-order valence-electron chi connectivity index (χ1n) is 10.3. The first-order valence-corrected chi connectivity index (χ1v) is 11.9. The first-order chi connectivity index (χ1) is 14.6. The molecule has 0 aromatic heterocycles. The molecule has 0 atom stereocenters. The summed E-state index contributed by atoms with van der Waals surface area (Å²) in [7, 11) is -3.96. The van der Waals surface area contributed by atoms with Crippen molar-refractivity contribution in [2.45, 2.75) is 39.0 Å². The minimum atomic E-state index is -3.96. The number of rotatable bonds is 8. The number of unbranched alkanes of at least 4 members (excludes halogenated alkanes) is 1. The Kier molecular flexibility index (Phi) is 6.77. The van der Waals surface area contributed by atoms with Crippen LogP contribution in [-0.4, -0.2) is 41.5 Å². The van der Waals surface area contributed by atoms with Gasteiger partial charge in [0, 0.05) is 42.9 Å². The largest absolute Gasteiger partial charge is 0.288 e. The molecule has 1 aliphatic heterocycles. The van der Waals surface area contributed by atoms with Crippen molar-refractivity contribution in [2.75, 3.05) is 17.2 Å². The lowest BCUT2D eigenvalue weighted by molar-refractivity contribution is -0.438. The van der Waals surface area contributed by atoms with Crippen LogP contribution in [0.4, 0.5) is 11.4 Å². The van der Waals surface area contributed by atoms with Gasteiger partial charge in [-0.25, -0.2) is 0 Å². The summed E-state index contributed by atoms with van der Waals surface area (Å²) in [5, 5.41) is 0. The molecule has 0 unspecified atom stereocenters. The van der Waals surface area contributed by atoms with Crippen molar-refractivity contribution >= 4 is 33.1 Å². The fourth-order valence-electron chi connectivity index (χ4n) is 4.04. The van der Waals surface area contributed by atoms with E-state index >= 15 is 0 Å². The zero-order valence-electron chi connectivity index (χ0n) is 18.2. The second kappa shape index (κ2) is 9.16. The number of nitrogens with zero attached hydrogens (tertiary/aromatic N) is 2. The zero-order valence-corrected chi connectivity index (χ0v) is 19.0. The van der Waals surface area contributed by atoms with E-state index in [9.17, 15) is 13.2 Å². The Morgan fingerprint density at radius 2 is 1.71 bits per heavy atom. The van der Waals surface area contributed by atoms with E-state index in [0.717, 1.165) is 17.1 Å². The van der Waals surface area contributed by atoms with Crippen molar-refractivity contribution in [3.05, 3.63) is 72.4 Å². The molecular formula is C24H29N2O4S+. The topological polar surface area (TPSA) is 77.7 Å². The van der Waals surface area contributed by atoms with Crippen molar-refractivity contribution in [1.82, 2.24) is 0 Å². The number of anilines is 1. The molecule has 0 saturated heterocycles. The summed E-state index contributed by atoms with van der Waals surface area (Å²) in [6.45, 7) is 6.43. The second-order valence-electron chi connectivity index (χ2n) is 8.21. The van der Waals surface area contributed by atoms with Gasteiger partial charge in [0.1, 0.15) is 6.54 Å². The molecule has 0 fully saturated rings. The molecule has 1 heterocycles. The molecule has 3 rings (SSSR count). The van der Waals surface area contributed by atoms with Crippen LogP contribution in [0.1, 0.15) is 39.2 Å². The number of benzene rings is 2. The van der Waals surface area contributed by atoms with E-state index < -0.39 is 10.1 Å². The highest BCUT2D eigenvalue weighted by molar-refractivity contribution is 7.85. The van der Waals surface area contributed by atoms with Crippen molar-refractivity contribution in [1.29, 1.82) is 0 Å². The summed E-state index contributed by atoms with van der Waals surface area (Å²) in [4.78, 5) is 13.9. The number of para-hydroxylation sites is 2. The molecule has 0 bridgehead atoms. The van der Waals surface area contributed by atoms with Gasteiger partial charge in [0.2, 0.25) is 11.6 Å². The summed E-state index contributed by atoms with van der Waals surface area (Å²) >= 11 is 0. The third-order valence-electron chi connectivity index (χ3n) is 5.59. The number of hydrogen-bond donors (Lipinski definition) is 1. The molecule has 0 radical (unpaired) electrons. The van der Waals surface area contributed by atoms with E-state index in [1.807, 2.05) is 48.5 Å². The molecule has 1 N–H and O–H groups in total. The third kappa shape index (κ3) is 5.29. The molecule has 2 aromatic carbocycles. The number of amides is 1. The SMILES string of the molecule is CC(=O)N(C=CC1=[N+](CCCCS(=O)(=O)O)c2ccccc2C1(C)C)c1ccccc1. The van der Waals surface area contributed by atoms with Gasteiger partial charge in [-0.2, -0.15) is 13.0 Å². The van der Waals surface area contributed by atoms with E-state index in [2.05, 4.69) is 30.6 Å². The number of carbonyl (C=O) groups is 1. The molecule has 31 heavy (non-hydrogen) atoms. The summed E-state index contributed by atoms with van der Waals surface area (Å²) in [5.41, 5.74) is 3.80. The molecule has 7 heteroatoms. The predicted octanol–water partition coefficient (Wildman–Crippen LogP) is 4.30. The van der Waals surface area contributed by atoms with Crippen LogP contribution in [-0.2, 0) is 20.3 Å². The van der Waals surface area contributed by atoms with E-state index in [1.165, 1.54) is 12.5 Å². The lowest BCUT2D eigenvalue weighted by Crippen LogP contribution is -2.29. The predicted molar refractivity (Wildman–Crippen MR) is 124 cm³/mol. The van der Waals surface area contributed by atoms with Crippen LogP contribution in [0.15, 0.2) is 66.9 Å². The highest BCUT2D eigenvalue weighted by atomic mass is 32.2. The fraction of sp³-hybridized carbons (Fsp3) is 0.333. The minimum absolute atomic E-state index is 0.0870. The number of fused-ring (bicyclic) bond motifs is 1. The fourth-order valence-corrected chi connectivity index (χ4v) is 4.61. The van der Waals surface area contributed by atoms with Gasteiger partial charge in [-0.15, -0.1) is 0 Å². The molecule has 1 amide bonds. The van der Waals surface area contributed by atoms with Gasteiger partial charge in [0.15, 0.2) is 5.71 Å². The number of carbonyl (C=O) groups excluding carboxylic acids is 1. The van der Waals surface area contributed by atoms with Crippen LogP contribution >= 0.6 is 0 Å². The van der Waals surface area contributed by atoms with E-state index in [-0.39, 0.29) is 17.1 Å². The Labute approximate surface area is 184 Å². The molecule has 164 valence electrons. The smallest absolute Gasteiger partial charge is 0.264 e. The molecule has 0 saturated carbocycles. The van der Waals surface area contributed by atoms with Crippen LogP contribution in [0.5, 0.6) is 0 Å². The third-order valence-corrected chi connectivity index (χ3v) is 6.39. The Hall–Kier alpha value is -2.77. The van der Waals surface area contributed by atoms with E-state index in [4.69, 9.17) is 4.55 Å². The Balaban J connectivity index is 1.96. The van der Waals surface area contributed by atoms with Crippen molar-refractivity contribution in [3.63, 3.8) is 0 Å². The molecule has 1 aliphatic rings. The quantitative estimate of drug-likeness (QED) is 0.376. The Bertz CT molecular complexity index is 1120. The first kappa shape index (κ1) is 22.9. The lowest BCUT2D eigenvalue weighted by Gasteiger charge is -2.18. The summed E-state index contributed by atoms with van der Waals surface area (Å²) < 4.78 is 33.3. The molecule has 2 aromatic rings. The second-order valence-corrected chi connectivity index (χ2v) is 9.78. The monoisotopic (exact) mass is 441 g/mol. The highest BCUT2D eigenvalue weighted by Crippen LogP contribution is 2.40. The average Bonchev–Trinajstić information content (AvgIpc) is 2.92. The van der Waals surface area contributed by atoms with Gasteiger partial charge in [-0.1, -0.05) is 36.4 Å². The maximum absolute atomic E-state index is 12.3. The van der Waals surface area contributed by atoms with Crippen molar-refractivity contribution in [2.24, 2.45) is 0 Å². The van der Waals surface area contributed by atoms with Gasteiger partial charge < -0.3 is 0 Å². The molecular weight excluding hydrogens is 412 g/mol. The standard InChI is InChI=1S/C24H28N2O4S/c1-19(27)25(20-11-5-4-6-12-20)17-15-23-24(2,3)21-13-7-8-14-22(21)26(23)16-9-10-18-31(28,29)30/h4-8,11-15,17H,9-10,16,18H2,1-3H3/p+1. The maximum Gasteiger partial charge on any atom is 0.264 e. The molecule has 6 nitrogen and oxygen atoms in total. The van der Waals surface area contributed by atoms with Crippen LogP contribution in [0.25, 0.3) is 0 Å². The van der Waals surface area contributed by atoms with E-state index in [1.54, 1.807) is 11.1 Å². The minimum Gasteiger partial charge on any atom is -0.288 e.